The Bertz CT molecular complexity index is 714. The highest BCUT2D eigenvalue weighted by Crippen LogP contribution is 2.39. The Kier molecular flexibility index (Phi) is 3.32. The molecule has 1 atom stereocenters. The highest BCUT2D eigenvalue weighted by atomic mass is 35.5. The first-order chi connectivity index (χ1) is 9.93. The van der Waals surface area contributed by atoms with Crippen molar-refractivity contribution in [3.63, 3.8) is 0 Å². The van der Waals surface area contributed by atoms with Crippen molar-refractivity contribution in [3.8, 4) is 0 Å². The first-order valence-corrected chi connectivity index (χ1v) is 6.94. The van der Waals surface area contributed by atoms with E-state index >= 15 is 0 Å². The number of anilines is 1. The first-order valence-electron chi connectivity index (χ1n) is 6.40. The molecular weight excluding hydrogens is 303 g/mol. The van der Waals surface area contributed by atoms with Crippen molar-refractivity contribution in [3.05, 3.63) is 42.0 Å². The number of carbonyl (C=O) groups excluding carboxylic acids is 1. The largest absolute Gasteiger partial charge is 0.471 e. The third-order valence-electron chi connectivity index (χ3n) is 3.72. The summed E-state index contributed by atoms with van der Waals surface area (Å²) in [5, 5.41) is 1.80. The molecule has 0 aromatic heterocycles. The molecule has 1 aliphatic heterocycles. The summed E-state index contributed by atoms with van der Waals surface area (Å²) in [7, 11) is 0. The number of rotatable bonds is 1. The van der Waals surface area contributed by atoms with Crippen LogP contribution in [-0.4, -0.2) is 24.0 Å². The molecule has 1 unspecified atom stereocenters. The van der Waals surface area contributed by atoms with Gasteiger partial charge in [-0.2, -0.15) is 13.2 Å². The van der Waals surface area contributed by atoms with Gasteiger partial charge in [-0.05, 0) is 28.8 Å². The molecule has 110 valence electrons. The molecule has 0 N–H and O–H groups in total. The number of alkyl halides is 4. The monoisotopic (exact) mass is 313 g/mol. The standard InChI is InChI=1S/C15H11ClF3NO/c16-8-10-7-12-11-4-2-1-3-9(11)5-6-13(12)20(10)14(21)15(17,18)19/h1-6,10H,7-8H2. The third kappa shape index (κ3) is 2.25. The van der Waals surface area contributed by atoms with Crippen molar-refractivity contribution in [2.45, 2.75) is 18.6 Å². The van der Waals surface area contributed by atoms with Gasteiger partial charge in [0.15, 0.2) is 0 Å². The number of amides is 1. The van der Waals surface area contributed by atoms with Crippen LogP contribution >= 0.6 is 11.6 Å². The minimum Gasteiger partial charge on any atom is -0.300 e. The summed E-state index contributed by atoms with van der Waals surface area (Å²) in [6.07, 6.45) is -4.57. The lowest BCUT2D eigenvalue weighted by molar-refractivity contribution is -0.170. The Morgan fingerprint density at radius 2 is 1.95 bits per heavy atom. The highest BCUT2D eigenvalue weighted by molar-refractivity contribution is 6.19. The number of benzene rings is 2. The lowest BCUT2D eigenvalue weighted by Crippen LogP contribution is -2.46. The van der Waals surface area contributed by atoms with Gasteiger partial charge in [-0.15, -0.1) is 11.6 Å². The minimum atomic E-state index is -4.91. The molecule has 1 heterocycles. The zero-order valence-electron chi connectivity index (χ0n) is 10.8. The maximum atomic E-state index is 12.8. The van der Waals surface area contributed by atoms with Crippen LogP contribution in [0.15, 0.2) is 36.4 Å². The fourth-order valence-electron chi connectivity index (χ4n) is 2.82. The lowest BCUT2D eigenvalue weighted by atomic mass is 10.0. The van der Waals surface area contributed by atoms with Crippen LogP contribution in [0.4, 0.5) is 18.9 Å². The molecule has 2 aromatic rings. The summed E-state index contributed by atoms with van der Waals surface area (Å²) in [6, 6.07) is 10.0. The number of fused-ring (bicyclic) bond motifs is 3. The topological polar surface area (TPSA) is 20.3 Å². The summed E-state index contributed by atoms with van der Waals surface area (Å²) in [4.78, 5) is 12.5. The van der Waals surface area contributed by atoms with Gasteiger partial charge in [0.1, 0.15) is 0 Å². The molecule has 2 nitrogen and oxygen atoms in total. The van der Waals surface area contributed by atoms with Crippen LogP contribution in [0.1, 0.15) is 5.56 Å². The van der Waals surface area contributed by atoms with Gasteiger partial charge in [-0.25, -0.2) is 0 Å². The number of hydrogen-bond acceptors (Lipinski definition) is 1. The number of halogens is 4. The molecule has 0 aliphatic carbocycles. The summed E-state index contributed by atoms with van der Waals surface area (Å²) < 4.78 is 38.4. The van der Waals surface area contributed by atoms with Crippen molar-refractivity contribution in [2.24, 2.45) is 0 Å². The molecular formula is C15H11ClF3NO. The fourth-order valence-corrected chi connectivity index (χ4v) is 3.07. The molecule has 6 heteroatoms. The van der Waals surface area contributed by atoms with Gasteiger partial charge in [0.25, 0.3) is 0 Å². The molecule has 0 bridgehead atoms. The van der Waals surface area contributed by atoms with Crippen molar-refractivity contribution < 1.29 is 18.0 Å². The van der Waals surface area contributed by atoms with E-state index in [0.717, 1.165) is 21.2 Å². The van der Waals surface area contributed by atoms with Gasteiger partial charge in [0.05, 0.1) is 6.04 Å². The molecule has 3 rings (SSSR count). The molecule has 2 aromatic carbocycles. The van der Waals surface area contributed by atoms with Gasteiger partial charge in [0, 0.05) is 11.6 Å². The average Bonchev–Trinajstić information content (AvgIpc) is 2.84. The predicted molar refractivity (Wildman–Crippen MR) is 75.7 cm³/mol. The maximum Gasteiger partial charge on any atom is 0.471 e. The second kappa shape index (κ2) is 4.91. The molecule has 0 saturated carbocycles. The summed E-state index contributed by atoms with van der Waals surface area (Å²) in [6.45, 7) is 0. The van der Waals surface area contributed by atoms with Crippen LogP contribution in [0, 0.1) is 0 Å². The van der Waals surface area contributed by atoms with E-state index in [1.165, 1.54) is 0 Å². The number of hydrogen-bond donors (Lipinski definition) is 0. The van der Waals surface area contributed by atoms with Crippen molar-refractivity contribution in [2.75, 3.05) is 10.8 Å². The van der Waals surface area contributed by atoms with E-state index in [2.05, 4.69) is 0 Å². The van der Waals surface area contributed by atoms with Gasteiger partial charge in [-0.1, -0.05) is 30.3 Å². The fraction of sp³-hybridized carbons (Fsp3) is 0.267. The zero-order chi connectivity index (χ0) is 15.2. The van der Waals surface area contributed by atoms with E-state index in [0.29, 0.717) is 12.1 Å². The average molecular weight is 314 g/mol. The molecule has 1 aliphatic rings. The van der Waals surface area contributed by atoms with E-state index in [1.54, 1.807) is 12.1 Å². The quantitative estimate of drug-likeness (QED) is 0.731. The third-order valence-corrected chi connectivity index (χ3v) is 4.08. The SMILES string of the molecule is O=C(N1c2ccc3ccccc3c2CC1CCl)C(F)(F)F. The van der Waals surface area contributed by atoms with Crippen LogP contribution in [-0.2, 0) is 11.2 Å². The minimum absolute atomic E-state index is 0.0369. The lowest BCUT2D eigenvalue weighted by Gasteiger charge is -2.24. The van der Waals surface area contributed by atoms with E-state index in [4.69, 9.17) is 11.6 Å². The maximum absolute atomic E-state index is 12.8. The second-order valence-electron chi connectivity index (χ2n) is 4.97. The molecule has 0 saturated heterocycles. The summed E-state index contributed by atoms with van der Waals surface area (Å²) in [5.41, 5.74) is 1.05. The van der Waals surface area contributed by atoms with Crippen LogP contribution in [0.3, 0.4) is 0 Å². The Morgan fingerprint density at radius 3 is 2.62 bits per heavy atom. The Morgan fingerprint density at radius 1 is 1.24 bits per heavy atom. The van der Waals surface area contributed by atoms with Crippen LogP contribution < -0.4 is 4.90 Å². The van der Waals surface area contributed by atoms with Gasteiger partial charge < -0.3 is 0 Å². The van der Waals surface area contributed by atoms with Crippen LogP contribution in [0.25, 0.3) is 10.8 Å². The first kappa shape index (κ1) is 14.2. The smallest absolute Gasteiger partial charge is 0.300 e. The van der Waals surface area contributed by atoms with Crippen LogP contribution in [0.5, 0.6) is 0 Å². The van der Waals surface area contributed by atoms with E-state index < -0.39 is 18.1 Å². The molecule has 0 radical (unpaired) electrons. The van der Waals surface area contributed by atoms with Crippen molar-refractivity contribution in [1.29, 1.82) is 0 Å². The van der Waals surface area contributed by atoms with Gasteiger partial charge in [0.2, 0.25) is 0 Å². The second-order valence-corrected chi connectivity index (χ2v) is 5.28. The normalized spacial score (nSPS) is 18.1. The molecule has 21 heavy (non-hydrogen) atoms. The van der Waals surface area contributed by atoms with E-state index in [-0.39, 0.29) is 5.88 Å². The summed E-state index contributed by atoms with van der Waals surface area (Å²) >= 11 is 5.78. The van der Waals surface area contributed by atoms with Crippen molar-refractivity contribution in [1.82, 2.24) is 0 Å². The molecule has 1 amide bonds. The predicted octanol–water partition coefficient (Wildman–Crippen LogP) is 3.90. The highest BCUT2D eigenvalue weighted by Gasteiger charge is 2.47. The zero-order valence-corrected chi connectivity index (χ0v) is 11.6. The van der Waals surface area contributed by atoms with Gasteiger partial charge >= 0.3 is 12.1 Å². The summed E-state index contributed by atoms with van der Waals surface area (Å²) in [5.74, 6) is -1.90. The Hall–Kier alpha value is -1.75. The van der Waals surface area contributed by atoms with Gasteiger partial charge in [-0.3, -0.25) is 9.69 Å². The molecule has 0 fully saturated rings. The van der Waals surface area contributed by atoms with Crippen molar-refractivity contribution >= 4 is 34.0 Å². The Balaban J connectivity index is 2.17. The van der Waals surface area contributed by atoms with Crippen LogP contribution in [0.2, 0.25) is 0 Å². The number of nitrogens with zero attached hydrogens (tertiary/aromatic N) is 1. The number of carbonyl (C=O) groups is 1. The Labute approximate surface area is 124 Å². The molecule has 0 spiro atoms. The van der Waals surface area contributed by atoms with E-state index in [1.807, 2.05) is 24.3 Å². The van der Waals surface area contributed by atoms with E-state index in [9.17, 15) is 18.0 Å².